The molecule has 1 heterocycles. The number of benzene rings is 2. The van der Waals surface area contributed by atoms with Crippen LogP contribution in [0.25, 0.3) is 11.4 Å². The van der Waals surface area contributed by atoms with Gasteiger partial charge in [0.15, 0.2) is 11.6 Å². The summed E-state index contributed by atoms with van der Waals surface area (Å²) in [6.07, 6.45) is 0. The smallest absolute Gasteiger partial charge is 0.234 e. The van der Waals surface area contributed by atoms with Crippen LogP contribution in [0.2, 0.25) is 0 Å². The summed E-state index contributed by atoms with van der Waals surface area (Å²) < 4.78 is 33.8. The van der Waals surface area contributed by atoms with Crippen molar-refractivity contribution in [1.82, 2.24) is 14.9 Å². The van der Waals surface area contributed by atoms with E-state index in [-0.39, 0.29) is 15.9 Å². The number of carbonyl (C=O) groups excluding carboxylic acids is 1. The van der Waals surface area contributed by atoms with Gasteiger partial charge in [0.25, 0.3) is 0 Å². The van der Waals surface area contributed by atoms with Crippen LogP contribution in [0.1, 0.15) is 6.92 Å². The van der Waals surface area contributed by atoms with Crippen molar-refractivity contribution in [3.8, 4) is 17.1 Å². The lowest BCUT2D eigenvalue weighted by Gasteiger charge is -2.09. The summed E-state index contributed by atoms with van der Waals surface area (Å²) in [7, 11) is 0. The number of halogens is 3. The van der Waals surface area contributed by atoms with Crippen molar-refractivity contribution in [3.63, 3.8) is 0 Å². The first-order valence-electron chi connectivity index (χ1n) is 8.40. The predicted molar refractivity (Wildman–Crippen MR) is 110 cm³/mol. The molecule has 0 fully saturated rings. The lowest BCUT2D eigenvalue weighted by atomic mass is 10.2. The van der Waals surface area contributed by atoms with Crippen molar-refractivity contribution in [2.45, 2.75) is 12.1 Å². The lowest BCUT2D eigenvalue weighted by Crippen LogP contribution is -2.17. The molecule has 0 aliphatic rings. The second kappa shape index (κ2) is 9.23. The Hall–Kier alpha value is -2.66. The van der Waals surface area contributed by atoms with Gasteiger partial charge >= 0.3 is 0 Å². The third-order valence-corrected chi connectivity index (χ3v) is 5.24. The number of carbonyl (C=O) groups is 1. The van der Waals surface area contributed by atoms with E-state index in [9.17, 15) is 13.6 Å². The van der Waals surface area contributed by atoms with Gasteiger partial charge in [0.05, 0.1) is 18.0 Å². The molecule has 0 saturated carbocycles. The van der Waals surface area contributed by atoms with Gasteiger partial charge in [-0.15, -0.1) is 10.2 Å². The fraction of sp³-hybridized carbons (Fsp3) is 0.167. The van der Waals surface area contributed by atoms with E-state index in [1.54, 1.807) is 6.07 Å². The number of ether oxygens (including phenoxy) is 1. The zero-order valence-electron chi connectivity index (χ0n) is 15.2. The van der Waals surface area contributed by atoms with E-state index in [4.69, 9.17) is 10.6 Å². The van der Waals surface area contributed by atoms with Gasteiger partial charge in [0.1, 0.15) is 11.6 Å². The Balaban J connectivity index is 1.68. The second-order valence-electron chi connectivity index (χ2n) is 5.72. The predicted octanol–water partition coefficient (Wildman–Crippen LogP) is 3.83. The summed E-state index contributed by atoms with van der Waals surface area (Å²) >= 11 is 4.05. The molecule has 1 aromatic heterocycles. The maximum absolute atomic E-state index is 13.8. The maximum atomic E-state index is 13.8. The number of hydrogen-bond donors (Lipinski definition) is 2. The standard InChI is InChI=1S/C18H16BrF2N5O2S/c1-2-28-12-5-3-4-10(6-12)17-24-25-18(26(17)22)29-9-15(27)23-16-13(19)7-11(20)8-14(16)21/h3-8H,2,9,22H2,1H3,(H,23,27). The molecule has 3 rings (SSSR count). The van der Waals surface area contributed by atoms with Gasteiger partial charge < -0.3 is 15.9 Å². The summed E-state index contributed by atoms with van der Waals surface area (Å²) in [5.74, 6) is 4.89. The summed E-state index contributed by atoms with van der Waals surface area (Å²) in [5.41, 5.74) is 0.569. The zero-order chi connectivity index (χ0) is 21.0. The number of amides is 1. The van der Waals surface area contributed by atoms with Crippen LogP contribution in [-0.4, -0.2) is 33.1 Å². The first-order valence-corrected chi connectivity index (χ1v) is 10.2. The normalized spacial score (nSPS) is 10.8. The highest BCUT2D eigenvalue weighted by Crippen LogP contribution is 2.28. The molecular weight excluding hydrogens is 468 g/mol. The topological polar surface area (TPSA) is 95.1 Å². The molecule has 1 amide bonds. The zero-order valence-corrected chi connectivity index (χ0v) is 17.6. The summed E-state index contributed by atoms with van der Waals surface area (Å²) in [6, 6.07) is 8.97. The third-order valence-electron chi connectivity index (χ3n) is 3.67. The van der Waals surface area contributed by atoms with E-state index in [0.717, 1.165) is 17.8 Å². The van der Waals surface area contributed by atoms with Gasteiger partial charge in [-0.25, -0.2) is 13.5 Å². The quantitative estimate of drug-likeness (QED) is 0.391. The van der Waals surface area contributed by atoms with Crippen LogP contribution < -0.4 is 15.9 Å². The molecule has 29 heavy (non-hydrogen) atoms. The van der Waals surface area contributed by atoms with Crippen LogP contribution in [-0.2, 0) is 4.79 Å². The number of aromatic nitrogens is 3. The third kappa shape index (κ3) is 5.04. The van der Waals surface area contributed by atoms with Crippen molar-refractivity contribution in [2.24, 2.45) is 0 Å². The highest BCUT2D eigenvalue weighted by atomic mass is 79.9. The van der Waals surface area contributed by atoms with Crippen molar-refractivity contribution < 1.29 is 18.3 Å². The molecule has 0 spiro atoms. The molecule has 0 unspecified atom stereocenters. The van der Waals surface area contributed by atoms with Crippen molar-refractivity contribution in [2.75, 3.05) is 23.5 Å². The molecule has 3 N–H and O–H groups in total. The van der Waals surface area contributed by atoms with Crippen LogP contribution >= 0.6 is 27.7 Å². The molecule has 0 bridgehead atoms. The van der Waals surface area contributed by atoms with Crippen molar-refractivity contribution in [1.29, 1.82) is 0 Å². The molecule has 0 aliphatic heterocycles. The first kappa shape index (κ1) is 21.1. The Labute approximate surface area is 177 Å². The molecule has 11 heteroatoms. The Morgan fingerprint density at radius 2 is 2.10 bits per heavy atom. The van der Waals surface area contributed by atoms with Crippen LogP contribution in [0.15, 0.2) is 46.0 Å². The number of rotatable bonds is 7. The van der Waals surface area contributed by atoms with Crippen LogP contribution in [0.5, 0.6) is 5.75 Å². The van der Waals surface area contributed by atoms with Crippen LogP contribution in [0.4, 0.5) is 14.5 Å². The van der Waals surface area contributed by atoms with Crippen molar-refractivity contribution in [3.05, 3.63) is 52.5 Å². The highest BCUT2D eigenvalue weighted by Gasteiger charge is 2.16. The van der Waals surface area contributed by atoms with Gasteiger partial charge in [0.2, 0.25) is 11.1 Å². The summed E-state index contributed by atoms with van der Waals surface area (Å²) in [6.45, 7) is 2.41. The Morgan fingerprint density at radius 1 is 1.31 bits per heavy atom. The fourth-order valence-corrected chi connectivity index (χ4v) is 3.59. The molecule has 0 radical (unpaired) electrons. The highest BCUT2D eigenvalue weighted by molar-refractivity contribution is 9.10. The minimum atomic E-state index is -0.881. The number of hydrogen-bond acceptors (Lipinski definition) is 6. The first-order chi connectivity index (χ1) is 13.9. The van der Waals surface area contributed by atoms with Gasteiger partial charge in [-0.05, 0) is 41.1 Å². The monoisotopic (exact) mass is 483 g/mol. The molecule has 0 atom stereocenters. The second-order valence-corrected chi connectivity index (χ2v) is 7.52. The van der Waals surface area contributed by atoms with Crippen LogP contribution in [0, 0.1) is 11.6 Å². The largest absolute Gasteiger partial charge is 0.494 e. The van der Waals surface area contributed by atoms with E-state index in [1.165, 1.54) is 4.68 Å². The van der Waals surface area contributed by atoms with E-state index in [2.05, 4.69) is 31.4 Å². The number of nitrogens with one attached hydrogen (secondary N) is 1. The van der Waals surface area contributed by atoms with Crippen molar-refractivity contribution >= 4 is 39.3 Å². The van der Waals surface area contributed by atoms with E-state index >= 15 is 0 Å². The molecule has 152 valence electrons. The van der Waals surface area contributed by atoms with E-state index in [0.29, 0.717) is 35.0 Å². The minimum absolute atomic E-state index is 0.0996. The Bertz CT molecular complexity index is 1020. The van der Waals surface area contributed by atoms with E-state index < -0.39 is 17.5 Å². The van der Waals surface area contributed by atoms with Gasteiger partial charge in [-0.2, -0.15) is 0 Å². The number of nitrogens with zero attached hydrogens (tertiary/aromatic N) is 3. The number of thioether (sulfide) groups is 1. The molecule has 7 nitrogen and oxygen atoms in total. The molecule has 0 saturated heterocycles. The summed E-state index contributed by atoms with van der Waals surface area (Å²) in [5, 5.41) is 10.7. The number of nitrogens with two attached hydrogens (primary N) is 1. The SMILES string of the molecule is CCOc1cccc(-c2nnc(SCC(=O)Nc3c(F)cc(F)cc3Br)n2N)c1. The van der Waals surface area contributed by atoms with E-state index in [1.807, 2.05) is 25.1 Å². The van der Waals surface area contributed by atoms with Gasteiger partial charge in [0, 0.05) is 16.1 Å². The van der Waals surface area contributed by atoms with Gasteiger partial charge in [-0.3, -0.25) is 4.79 Å². The minimum Gasteiger partial charge on any atom is -0.494 e. The molecular formula is C18H16BrF2N5O2S. The maximum Gasteiger partial charge on any atom is 0.234 e. The molecule has 0 aliphatic carbocycles. The lowest BCUT2D eigenvalue weighted by molar-refractivity contribution is -0.113. The molecule has 3 aromatic rings. The van der Waals surface area contributed by atoms with Crippen LogP contribution in [0.3, 0.4) is 0 Å². The average molecular weight is 484 g/mol. The molecule has 2 aromatic carbocycles. The average Bonchev–Trinajstić information content (AvgIpc) is 3.04. The Morgan fingerprint density at radius 3 is 2.83 bits per heavy atom. The van der Waals surface area contributed by atoms with Gasteiger partial charge in [-0.1, -0.05) is 23.9 Å². The number of nitrogen functional groups attached to an aromatic ring is 1. The summed E-state index contributed by atoms with van der Waals surface area (Å²) in [4.78, 5) is 12.2. The Kier molecular flexibility index (Phi) is 6.70. The number of anilines is 1. The fourth-order valence-electron chi connectivity index (χ4n) is 2.43.